The number of hydrogen-bond donors (Lipinski definition) is 2. The summed E-state index contributed by atoms with van der Waals surface area (Å²) in [7, 11) is 3.84. The van der Waals surface area contributed by atoms with E-state index in [1.807, 2.05) is 12.1 Å². The lowest BCUT2D eigenvalue weighted by atomic mass is 10.2. The van der Waals surface area contributed by atoms with Gasteiger partial charge >= 0.3 is 0 Å². The van der Waals surface area contributed by atoms with Crippen LogP contribution in [0.2, 0.25) is 0 Å². The van der Waals surface area contributed by atoms with Gasteiger partial charge < -0.3 is 25.0 Å². The molecule has 0 atom stereocenters. The van der Waals surface area contributed by atoms with E-state index in [-0.39, 0.29) is 0 Å². The molecule has 0 saturated heterocycles. The molecule has 0 amide bonds. The molecule has 25 heavy (non-hydrogen) atoms. The average Bonchev–Trinajstić information content (AvgIpc) is 2.61. The second kappa shape index (κ2) is 13.5. The van der Waals surface area contributed by atoms with Crippen LogP contribution in [-0.2, 0) is 4.74 Å². The topological polar surface area (TPSA) is 58.1 Å². The van der Waals surface area contributed by atoms with Crippen LogP contribution in [-0.4, -0.2) is 71.0 Å². The molecule has 142 valence electrons. The number of ether oxygens (including phenoxy) is 2. The second-order valence-corrected chi connectivity index (χ2v) is 6.00. The molecule has 0 heterocycles. The first kappa shape index (κ1) is 21.3. The largest absolute Gasteiger partial charge is 0.492 e. The Morgan fingerprint density at radius 3 is 2.56 bits per heavy atom. The molecule has 1 aromatic carbocycles. The zero-order valence-corrected chi connectivity index (χ0v) is 16.2. The molecule has 0 radical (unpaired) electrons. The van der Waals surface area contributed by atoms with E-state index in [1.165, 1.54) is 5.56 Å². The molecule has 0 aromatic heterocycles. The smallest absolute Gasteiger partial charge is 0.191 e. The quantitative estimate of drug-likeness (QED) is 0.343. The number of nitrogens with zero attached hydrogens (tertiary/aromatic N) is 2. The normalized spacial score (nSPS) is 11.6. The van der Waals surface area contributed by atoms with Gasteiger partial charge in [-0.05, 0) is 46.0 Å². The summed E-state index contributed by atoms with van der Waals surface area (Å²) < 4.78 is 10.8. The Bertz CT molecular complexity index is 477. The predicted molar refractivity (Wildman–Crippen MR) is 105 cm³/mol. The molecule has 6 heteroatoms. The molecule has 0 aliphatic carbocycles. The van der Waals surface area contributed by atoms with E-state index >= 15 is 0 Å². The van der Waals surface area contributed by atoms with Crippen LogP contribution in [0.4, 0.5) is 0 Å². The Hall–Kier alpha value is -1.79. The van der Waals surface area contributed by atoms with Crippen molar-refractivity contribution >= 4 is 5.96 Å². The summed E-state index contributed by atoms with van der Waals surface area (Å²) in [5.74, 6) is 1.74. The molecule has 0 aliphatic heterocycles. The standard InChI is InChI=1S/C19H34N4O2/c1-5-20-19(21-11-6-13-23(3)14-16-24-4)22-12-15-25-18-9-7-17(2)8-10-18/h7-10H,5-6,11-16H2,1-4H3,(H2,20,21,22). The molecular weight excluding hydrogens is 316 g/mol. The van der Waals surface area contributed by atoms with E-state index < -0.39 is 0 Å². The third kappa shape index (κ3) is 10.6. The van der Waals surface area contributed by atoms with Crippen LogP contribution < -0.4 is 15.4 Å². The van der Waals surface area contributed by atoms with Crippen molar-refractivity contribution in [3.05, 3.63) is 29.8 Å². The number of guanidine groups is 1. The number of aryl methyl sites for hydroxylation is 1. The number of aliphatic imine (C=N–C) groups is 1. The zero-order valence-electron chi connectivity index (χ0n) is 16.2. The molecule has 1 aromatic rings. The average molecular weight is 351 g/mol. The van der Waals surface area contributed by atoms with Crippen LogP contribution in [0.15, 0.2) is 29.3 Å². The maximum absolute atomic E-state index is 5.72. The van der Waals surface area contributed by atoms with Gasteiger partial charge in [-0.3, -0.25) is 4.99 Å². The maximum Gasteiger partial charge on any atom is 0.191 e. The number of likely N-dealkylation sites (N-methyl/N-ethyl adjacent to an activating group) is 1. The molecular formula is C19H34N4O2. The Kier molecular flexibility index (Phi) is 11.5. The predicted octanol–water partition coefficient (Wildman–Crippen LogP) is 1.90. The SMILES string of the molecule is CCNC(=NCCCN(C)CCOC)NCCOc1ccc(C)cc1. The minimum absolute atomic E-state index is 0.604. The summed E-state index contributed by atoms with van der Waals surface area (Å²) in [5, 5.41) is 6.57. The van der Waals surface area contributed by atoms with Gasteiger partial charge in [0.2, 0.25) is 0 Å². The highest BCUT2D eigenvalue weighted by molar-refractivity contribution is 5.79. The van der Waals surface area contributed by atoms with Crippen molar-refractivity contribution in [1.82, 2.24) is 15.5 Å². The molecule has 1 rings (SSSR count). The molecule has 0 bridgehead atoms. The summed E-state index contributed by atoms with van der Waals surface area (Å²) in [6, 6.07) is 8.10. The van der Waals surface area contributed by atoms with E-state index in [2.05, 4.69) is 53.6 Å². The van der Waals surface area contributed by atoms with Crippen molar-refractivity contribution in [1.29, 1.82) is 0 Å². The molecule has 0 unspecified atom stereocenters. The van der Waals surface area contributed by atoms with Gasteiger partial charge in [0.1, 0.15) is 12.4 Å². The molecule has 0 fully saturated rings. The first-order valence-electron chi connectivity index (χ1n) is 9.04. The van der Waals surface area contributed by atoms with E-state index in [9.17, 15) is 0 Å². The summed E-state index contributed by atoms with van der Waals surface area (Å²) in [6.07, 6.45) is 1.02. The van der Waals surface area contributed by atoms with Crippen molar-refractivity contribution in [3.63, 3.8) is 0 Å². The van der Waals surface area contributed by atoms with Gasteiger partial charge in [0, 0.05) is 26.7 Å². The number of benzene rings is 1. The van der Waals surface area contributed by atoms with Gasteiger partial charge in [-0.1, -0.05) is 17.7 Å². The highest BCUT2D eigenvalue weighted by Gasteiger charge is 2.00. The van der Waals surface area contributed by atoms with E-state index in [1.54, 1.807) is 7.11 Å². The fourth-order valence-corrected chi connectivity index (χ4v) is 2.20. The van der Waals surface area contributed by atoms with Crippen molar-refractivity contribution in [2.24, 2.45) is 4.99 Å². The van der Waals surface area contributed by atoms with Gasteiger partial charge in [-0.2, -0.15) is 0 Å². The summed E-state index contributed by atoms with van der Waals surface area (Å²) >= 11 is 0. The van der Waals surface area contributed by atoms with Crippen molar-refractivity contribution in [2.45, 2.75) is 20.3 Å². The lowest BCUT2D eigenvalue weighted by molar-refractivity contribution is 0.161. The van der Waals surface area contributed by atoms with Crippen LogP contribution in [0.5, 0.6) is 5.75 Å². The second-order valence-electron chi connectivity index (χ2n) is 6.00. The summed E-state index contributed by atoms with van der Waals surface area (Å²) in [4.78, 5) is 6.86. The van der Waals surface area contributed by atoms with Crippen LogP contribution in [0.3, 0.4) is 0 Å². The highest BCUT2D eigenvalue weighted by atomic mass is 16.5. The molecule has 0 aliphatic rings. The lowest BCUT2D eigenvalue weighted by Crippen LogP contribution is -2.39. The van der Waals surface area contributed by atoms with E-state index in [4.69, 9.17) is 9.47 Å². The highest BCUT2D eigenvalue weighted by Crippen LogP contribution is 2.10. The number of methoxy groups -OCH3 is 1. The van der Waals surface area contributed by atoms with Crippen LogP contribution in [0.25, 0.3) is 0 Å². The maximum atomic E-state index is 5.72. The van der Waals surface area contributed by atoms with Gasteiger partial charge in [0.25, 0.3) is 0 Å². The molecule has 0 spiro atoms. The van der Waals surface area contributed by atoms with Gasteiger partial charge in [-0.25, -0.2) is 0 Å². The van der Waals surface area contributed by atoms with E-state index in [0.717, 1.165) is 50.9 Å². The number of rotatable bonds is 12. The summed E-state index contributed by atoms with van der Waals surface area (Å²) in [5.41, 5.74) is 1.24. The van der Waals surface area contributed by atoms with Gasteiger partial charge in [0.05, 0.1) is 13.2 Å². The van der Waals surface area contributed by atoms with Crippen molar-refractivity contribution in [2.75, 3.05) is 60.1 Å². The van der Waals surface area contributed by atoms with Gasteiger partial charge in [0.15, 0.2) is 5.96 Å². The third-order valence-electron chi connectivity index (χ3n) is 3.67. The Morgan fingerprint density at radius 1 is 1.12 bits per heavy atom. The summed E-state index contributed by atoms with van der Waals surface area (Å²) in [6.45, 7) is 9.84. The van der Waals surface area contributed by atoms with Crippen molar-refractivity contribution in [3.8, 4) is 5.75 Å². The number of hydrogen-bond acceptors (Lipinski definition) is 4. The molecule has 6 nitrogen and oxygen atoms in total. The Balaban J connectivity index is 2.22. The molecule has 2 N–H and O–H groups in total. The fraction of sp³-hybridized carbons (Fsp3) is 0.632. The third-order valence-corrected chi connectivity index (χ3v) is 3.67. The minimum atomic E-state index is 0.604. The zero-order chi connectivity index (χ0) is 18.3. The first-order chi connectivity index (χ1) is 12.2. The van der Waals surface area contributed by atoms with Crippen LogP contribution in [0.1, 0.15) is 18.9 Å². The minimum Gasteiger partial charge on any atom is -0.492 e. The van der Waals surface area contributed by atoms with Crippen LogP contribution >= 0.6 is 0 Å². The van der Waals surface area contributed by atoms with E-state index in [0.29, 0.717) is 13.2 Å². The lowest BCUT2D eigenvalue weighted by Gasteiger charge is -2.15. The van der Waals surface area contributed by atoms with Gasteiger partial charge in [-0.15, -0.1) is 0 Å². The van der Waals surface area contributed by atoms with Crippen molar-refractivity contribution < 1.29 is 9.47 Å². The Labute approximate surface area is 152 Å². The fourth-order valence-electron chi connectivity index (χ4n) is 2.20. The Morgan fingerprint density at radius 2 is 1.88 bits per heavy atom. The first-order valence-corrected chi connectivity index (χ1v) is 9.04. The number of nitrogens with one attached hydrogen (secondary N) is 2. The van der Waals surface area contributed by atoms with Crippen LogP contribution in [0, 0.1) is 6.92 Å². The monoisotopic (exact) mass is 350 g/mol. The molecule has 0 saturated carbocycles.